The Morgan fingerprint density at radius 3 is 2.22 bits per heavy atom. The smallest absolute Gasteiger partial charge is 0.269 e. The largest absolute Gasteiger partial charge is 0.467 e. The Bertz CT molecular complexity index is 1050. The molecule has 0 unspecified atom stereocenters. The maximum atomic E-state index is 13.3. The maximum absolute atomic E-state index is 13.3. The van der Waals surface area contributed by atoms with E-state index in [1.54, 1.807) is 23.3 Å². The van der Waals surface area contributed by atoms with E-state index in [0.717, 1.165) is 5.56 Å². The molecule has 0 aliphatic rings. The third-order valence-electron chi connectivity index (χ3n) is 5.01. The number of benzene rings is 2. The average Bonchev–Trinajstić information content (AvgIpc) is 3.30. The minimum atomic E-state index is -0.520. The molecule has 0 saturated heterocycles. The monoisotopic (exact) mass is 435 g/mol. The van der Waals surface area contributed by atoms with Gasteiger partial charge in [-0.1, -0.05) is 30.3 Å². The predicted octanol–water partition coefficient (Wildman–Crippen LogP) is 4.27. The highest BCUT2D eigenvalue weighted by atomic mass is 16.6. The SMILES string of the molecule is CC(C)N(CC(=O)N(Cc1ccccc1)Cc1ccco1)C(=O)c1ccc([N+](=O)[O-])cc1. The van der Waals surface area contributed by atoms with Crippen molar-refractivity contribution in [2.45, 2.75) is 33.0 Å². The Hall–Kier alpha value is -3.94. The van der Waals surface area contributed by atoms with Crippen molar-refractivity contribution in [2.75, 3.05) is 6.54 Å². The summed E-state index contributed by atoms with van der Waals surface area (Å²) < 4.78 is 5.42. The quantitative estimate of drug-likeness (QED) is 0.369. The van der Waals surface area contributed by atoms with Gasteiger partial charge in [-0.15, -0.1) is 0 Å². The average molecular weight is 435 g/mol. The molecular weight excluding hydrogens is 410 g/mol. The van der Waals surface area contributed by atoms with Gasteiger partial charge in [0.15, 0.2) is 0 Å². The molecular formula is C24H25N3O5. The van der Waals surface area contributed by atoms with Crippen LogP contribution in [0.1, 0.15) is 35.5 Å². The van der Waals surface area contributed by atoms with Gasteiger partial charge in [0.25, 0.3) is 11.6 Å². The standard InChI is InChI=1S/C24H25N3O5/c1-18(2)26(24(29)20-10-12-21(13-11-20)27(30)31)17-23(28)25(16-22-9-6-14-32-22)15-19-7-4-3-5-8-19/h3-14,18H,15-17H2,1-2H3. The summed E-state index contributed by atoms with van der Waals surface area (Å²) in [5.41, 5.74) is 1.16. The molecule has 8 nitrogen and oxygen atoms in total. The number of amides is 2. The van der Waals surface area contributed by atoms with Crippen LogP contribution in [0, 0.1) is 10.1 Å². The Labute approximate surface area is 186 Å². The maximum Gasteiger partial charge on any atom is 0.269 e. The summed E-state index contributed by atoms with van der Waals surface area (Å²) in [6.45, 7) is 4.17. The lowest BCUT2D eigenvalue weighted by Gasteiger charge is -2.30. The molecule has 0 N–H and O–H groups in total. The first kappa shape index (κ1) is 22.7. The normalized spacial score (nSPS) is 10.7. The number of nitrogens with zero attached hydrogens (tertiary/aromatic N) is 3. The number of carbonyl (C=O) groups excluding carboxylic acids is 2. The minimum Gasteiger partial charge on any atom is -0.467 e. The number of hydrogen-bond acceptors (Lipinski definition) is 5. The van der Waals surface area contributed by atoms with Gasteiger partial charge < -0.3 is 14.2 Å². The van der Waals surface area contributed by atoms with Gasteiger partial charge in [-0.25, -0.2) is 0 Å². The lowest BCUT2D eigenvalue weighted by molar-refractivity contribution is -0.384. The van der Waals surface area contributed by atoms with E-state index in [-0.39, 0.29) is 42.2 Å². The number of nitro groups is 1. The third-order valence-corrected chi connectivity index (χ3v) is 5.01. The molecule has 2 amide bonds. The van der Waals surface area contributed by atoms with E-state index in [9.17, 15) is 19.7 Å². The fourth-order valence-electron chi connectivity index (χ4n) is 3.25. The van der Waals surface area contributed by atoms with Crippen molar-refractivity contribution in [3.8, 4) is 0 Å². The molecule has 0 bridgehead atoms. The van der Waals surface area contributed by atoms with Crippen LogP contribution in [0.2, 0.25) is 0 Å². The molecule has 0 radical (unpaired) electrons. The molecule has 3 rings (SSSR count). The molecule has 0 atom stereocenters. The van der Waals surface area contributed by atoms with Crippen molar-refractivity contribution in [1.29, 1.82) is 0 Å². The van der Waals surface area contributed by atoms with E-state index in [1.165, 1.54) is 29.2 Å². The Kier molecular flexibility index (Phi) is 7.38. The second-order valence-corrected chi connectivity index (χ2v) is 7.65. The summed E-state index contributed by atoms with van der Waals surface area (Å²) >= 11 is 0. The van der Waals surface area contributed by atoms with E-state index in [2.05, 4.69) is 0 Å². The van der Waals surface area contributed by atoms with E-state index in [0.29, 0.717) is 12.3 Å². The summed E-state index contributed by atoms with van der Waals surface area (Å²) in [6.07, 6.45) is 1.55. The van der Waals surface area contributed by atoms with E-state index in [1.807, 2.05) is 44.2 Å². The number of rotatable bonds is 9. The Morgan fingerprint density at radius 1 is 0.969 bits per heavy atom. The van der Waals surface area contributed by atoms with Crippen LogP contribution in [0.25, 0.3) is 0 Å². The second kappa shape index (κ2) is 10.4. The van der Waals surface area contributed by atoms with Gasteiger partial charge >= 0.3 is 0 Å². The molecule has 1 heterocycles. The van der Waals surface area contributed by atoms with Crippen molar-refractivity contribution < 1.29 is 18.9 Å². The minimum absolute atomic E-state index is 0.0961. The molecule has 0 saturated carbocycles. The molecule has 8 heteroatoms. The number of carbonyl (C=O) groups is 2. The van der Waals surface area contributed by atoms with Crippen molar-refractivity contribution in [2.24, 2.45) is 0 Å². The number of furan rings is 1. The van der Waals surface area contributed by atoms with Crippen LogP contribution < -0.4 is 0 Å². The number of nitro benzene ring substituents is 1. The first-order chi connectivity index (χ1) is 15.3. The zero-order valence-corrected chi connectivity index (χ0v) is 18.0. The fraction of sp³-hybridized carbons (Fsp3) is 0.250. The molecule has 0 spiro atoms. The van der Waals surface area contributed by atoms with Crippen molar-refractivity contribution in [3.63, 3.8) is 0 Å². The van der Waals surface area contributed by atoms with Crippen LogP contribution in [0.4, 0.5) is 5.69 Å². The van der Waals surface area contributed by atoms with Gasteiger partial charge in [0.05, 0.1) is 17.7 Å². The number of non-ortho nitro benzene ring substituents is 1. The second-order valence-electron chi connectivity index (χ2n) is 7.65. The van der Waals surface area contributed by atoms with Crippen molar-refractivity contribution in [1.82, 2.24) is 9.80 Å². The van der Waals surface area contributed by atoms with Crippen molar-refractivity contribution in [3.05, 3.63) is 100.0 Å². The van der Waals surface area contributed by atoms with Gasteiger partial charge in [0.2, 0.25) is 5.91 Å². The van der Waals surface area contributed by atoms with Crippen LogP contribution in [0.15, 0.2) is 77.4 Å². The lowest BCUT2D eigenvalue weighted by Crippen LogP contribution is -2.45. The van der Waals surface area contributed by atoms with Crippen LogP contribution >= 0.6 is 0 Å². The zero-order chi connectivity index (χ0) is 23.1. The zero-order valence-electron chi connectivity index (χ0n) is 18.0. The molecule has 0 aliphatic carbocycles. The first-order valence-electron chi connectivity index (χ1n) is 10.2. The fourth-order valence-corrected chi connectivity index (χ4v) is 3.25. The molecule has 166 valence electrons. The van der Waals surface area contributed by atoms with Crippen LogP contribution in [-0.4, -0.2) is 39.1 Å². The predicted molar refractivity (Wildman–Crippen MR) is 119 cm³/mol. The Balaban J connectivity index is 1.78. The van der Waals surface area contributed by atoms with Gasteiger partial charge in [-0.05, 0) is 43.7 Å². The van der Waals surface area contributed by atoms with E-state index >= 15 is 0 Å². The van der Waals surface area contributed by atoms with Gasteiger partial charge in [-0.2, -0.15) is 0 Å². The molecule has 0 fully saturated rings. The Morgan fingerprint density at radius 2 is 1.66 bits per heavy atom. The molecule has 32 heavy (non-hydrogen) atoms. The molecule has 0 aliphatic heterocycles. The van der Waals surface area contributed by atoms with Gasteiger partial charge in [0, 0.05) is 30.3 Å². The summed E-state index contributed by atoms with van der Waals surface area (Å²) in [6, 6.07) is 18.3. The highest BCUT2D eigenvalue weighted by molar-refractivity contribution is 5.96. The molecule has 3 aromatic rings. The van der Waals surface area contributed by atoms with Crippen LogP contribution in [-0.2, 0) is 17.9 Å². The van der Waals surface area contributed by atoms with Crippen molar-refractivity contribution >= 4 is 17.5 Å². The van der Waals surface area contributed by atoms with E-state index < -0.39 is 4.92 Å². The number of hydrogen-bond donors (Lipinski definition) is 0. The highest BCUT2D eigenvalue weighted by Crippen LogP contribution is 2.16. The van der Waals surface area contributed by atoms with Crippen LogP contribution in [0.5, 0.6) is 0 Å². The first-order valence-corrected chi connectivity index (χ1v) is 10.2. The summed E-state index contributed by atoms with van der Waals surface area (Å²) in [5, 5.41) is 10.9. The lowest BCUT2D eigenvalue weighted by atomic mass is 10.1. The molecule has 1 aromatic heterocycles. The summed E-state index contributed by atoms with van der Waals surface area (Å²) in [5.74, 6) is 0.0576. The van der Waals surface area contributed by atoms with E-state index in [4.69, 9.17) is 4.42 Å². The van der Waals surface area contributed by atoms with Gasteiger partial charge in [-0.3, -0.25) is 19.7 Å². The molecule has 2 aromatic carbocycles. The summed E-state index contributed by atoms with van der Waals surface area (Å²) in [4.78, 5) is 39.8. The summed E-state index contributed by atoms with van der Waals surface area (Å²) in [7, 11) is 0. The topological polar surface area (TPSA) is 96.9 Å². The third kappa shape index (κ3) is 5.81. The van der Waals surface area contributed by atoms with Crippen LogP contribution in [0.3, 0.4) is 0 Å². The van der Waals surface area contributed by atoms with Gasteiger partial charge in [0.1, 0.15) is 12.3 Å². The highest BCUT2D eigenvalue weighted by Gasteiger charge is 2.25.